The summed E-state index contributed by atoms with van der Waals surface area (Å²) in [5.74, 6) is 0.387. The van der Waals surface area contributed by atoms with Gasteiger partial charge in [0.05, 0.1) is 18.9 Å². The molecular weight excluding hydrogens is 282 g/mol. The predicted molar refractivity (Wildman–Crippen MR) is 82.1 cm³/mol. The van der Waals surface area contributed by atoms with Gasteiger partial charge in [0.1, 0.15) is 12.4 Å². The topological polar surface area (TPSA) is 67.5 Å². The first-order chi connectivity index (χ1) is 10.8. The number of anilines is 1. The number of esters is 1. The molecule has 3 rings (SSSR count). The van der Waals surface area contributed by atoms with E-state index in [0.29, 0.717) is 5.56 Å². The van der Waals surface area contributed by atoms with Crippen LogP contribution in [0.2, 0.25) is 0 Å². The van der Waals surface area contributed by atoms with Crippen LogP contribution in [0.15, 0.2) is 30.6 Å². The smallest absolute Gasteiger partial charge is 0.341 e. The van der Waals surface area contributed by atoms with Gasteiger partial charge in [-0.15, -0.1) is 0 Å². The van der Waals surface area contributed by atoms with Gasteiger partial charge in [-0.05, 0) is 30.5 Å². The molecule has 0 radical (unpaired) electrons. The number of carbonyl (C=O) groups is 1. The minimum Gasteiger partial charge on any atom is -0.497 e. The molecule has 1 saturated heterocycles. The fraction of sp³-hybridized carbons (Fsp3) is 0.375. The summed E-state index contributed by atoms with van der Waals surface area (Å²) >= 11 is 0. The summed E-state index contributed by atoms with van der Waals surface area (Å²) in [5, 5.41) is 6.34. The summed E-state index contributed by atoms with van der Waals surface area (Å²) in [5.41, 5.74) is 2.45. The Hall–Kier alpha value is -2.50. The van der Waals surface area contributed by atoms with Crippen LogP contribution < -0.4 is 9.64 Å². The maximum Gasteiger partial charge on any atom is 0.341 e. The van der Waals surface area contributed by atoms with Gasteiger partial charge in [-0.2, -0.15) is 5.10 Å². The largest absolute Gasteiger partial charge is 0.497 e. The molecular formula is C16H19N3O3. The molecule has 0 atom stereocenters. The molecule has 1 aliphatic heterocycles. The number of carbonyl (C=O) groups excluding carboxylic acids is 1. The lowest BCUT2D eigenvalue weighted by Crippen LogP contribution is -2.18. The number of aromatic amines is 1. The zero-order chi connectivity index (χ0) is 15.4. The molecule has 1 aromatic heterocycles. The highest BCUT2D eigenvalue weighted by atomic mass is 16.5. The highest BCUT2D eigenvalue weighted by Crippen LogP contribution is 2.27. The number of nitrogens with one attached hydrogen (secondary N) is 1. The van der Waals surface area contributed by atoms with Crippen molar-refractivity contribution in [3.8, 4) is 5.75 Å². The molecule has 0 spiro atoms. The third-order valence-electron chi connectivity index (χ3n) is 3.76. The second-order valence-electron chi connectivity index (χ2n) is 5.30. The van der Waals surface area contributed by atoms with E-state index in [0.717, 1.165) is 30.1 Å². The van der Waals surface area contributed by atoms with Crippen molar-refractivity contribution in [3.05, 3.63) is 41.7 Å². The highest BCUT2D eigenvalue weighted by Gasteiger charge is 2.15. The number of methoxy groups -OCH3 is 1. The molecule has 0 unspecified atom stereocenters. The molecule has 2 heterocycles. The second-order valence-corrected chi connectivity index (χ2v) is 5.30. The Balaban J connectivity index is 1.72. The first-order valence-electron chi connectivity index (χ1n) is 7.35. The van der Waals surface area contributed by atoms with Gasteiger partial charge >= 0.3 is 5.97 Å². The van der Waals surface area contributed by atoms with Gasteiger partial charge in [0.15, 0.2) is 0 Å². The number of H-pyrrole nitrogens is 1. The first kappa shape index (κ1) is 14.4. The fourth-order valence-corrected chi connectivity index (χ4v) is 2.60. The Morgan fingerprint density at radius 2 is 2.14 bits per heavy atom. The standard InChI is InChI=1S/C16H19N3O3/c1-21-15-7-12(6-14(8-15)19-4-2-3-5-19)11-22-16(20)13-9-17-18-10-13/h6-10H,2-5,11H2,1H3,(H,17,18). The van der Waals surface area contributed by atoms with Crippen molar-refractivity contribution in [2.24, 2.45) is 0 Å². The highest BCUT2D eigenvalue weighted by molar-refractivity contribution is 5.88. The molecule has 1 fully saturated rings. The molecule has 6 heteroatoms. The lowest BCUT2D eigenvalue weighted by atomic mass is 10.2. The molecule has 6 nitrogen and oxygen atoms in total. The van der Waals surface area contributed by atoms with Crippen LogP contribution >= 0.6 is 0 Å². The van der Waals surface area contributed by atoms with Crippen LogP contribution in [0, 0.1) is 0 Å². The molecule has 0 aliphatic carbocycles. The summed E-state index contributed by atoms with van der Waals surface area (Å²) in [6.45, 7) is 2.32. The summed E-state index contributed by atoms with van der Waals surface area (Å²) in [7, 11) is 1.64. The van der Waals surface area contributed by atoms with E-state index in [1.807, 2.05) is 12.1 Å². The van der Waals surface area contributed by atoms with Crippen molar-refractivity contribution in [1.29, 1.82) is 0 Å². The average molecular weight is 301 g/mol. The van der Waals surface area contributed by atoms with Crippen molar-refractivity contribution >= 4 is 11.7 Å². The minimum atomic E-state index is -0.390. The van der Waals surface area contributed by atoms with Gasteiger partial charge in [-0.1, -0.05) is 0 Å². The third kappa shape index (κ3) is 3.21. The molecule has 1 N–H and O–H groups in total. The SMILES string of the molecule is COc1cc(COC(=O)c2cn[nH]c2)cc(N2CCCC2)c1. The van der Waals surface area contributed by atoms with Crippen LogP contribution in [0.4, 0.5) is 5.69 Å². The number of ether oxygens (including phenoxy) is 2. The van der Waals surface area contributed by atoms with E-state index >= 15 is 0 Å². The van der Waals surface area contributed by atoms with E-state index in [9.17, 15) is 4.79 Å². The molecule has 1 aliphatic rings. The Bertz CT molecular complexity index is 634. The first-order valence-corrected chi connectivity index (χ1v) is 7.35. The number of benzene rings is 1. The van der Waals surface area contributed by atoms with E-state index < -0.39 is 0 Å². The van der Waals surface area contributed by atoms with Crippen LogP contribution in [-0.2, 0) is 11.3 Å². The summed E-state index contributed by atoms with van der Waals surface area (Å²) in [6.07, 6.45) is 5.39. The molecule has 2 aromatic rings. The summed E-state index contributed by atoms with van der Waals surface area (Å²) in [6, 6.07) is 5.96. The fourth-order valence-electron chi connectivity index (χ4n) is 2.60. The molecule has 1 aromatic carbocycles. The lowest BCUT2D eigenvalue weighted by Gasteiger charge is -2.19. The van der Waals surface area contributed by atoms with Crippen molar-refractivity contribution in [1.82, 2.24) is 10.2 Å². The van der Waals surface area contributed by atoms with E-state index in [1.165, 1.54) is 25.2 Å². The van der Waals surface area contributed by atoms with Crippen LogP contribution in [0.5, 0.6) is 5.75 Å². The monoisotopic (exact) mass is 301 g/mol. The predicted octanol–water partition coefficient (Wildman–Crippen LogP) is 2.38. The van der Waals surface area contributed by atoms with Crippen molar-refractivity contribution < 1.29 is 14.3 Å². The van der Waals surface area contributed by atoms with Crippen molar-refractivity contribution in [2.45, 2.75) is 19.4 Å². The molecule has 0 amide bonds. The average Bonchev–Trinajstić information content (AvgIpc) is 3.24. The zero-order valence-electron chi connectivity index (χ0n) is 12.5. The Morgan fingerprint density at radius 1 is 1.32 bits per heavy atom. The van der Waals surface area contributed by atoms with Gasteiger partial charge in [-0.3, -0.25) is 5.10 Å². The maximum absolute atomic E-state index is 11.9. The van der Waals surface area contributed by atoms with Crippen LogP contribution in [0.25, 0.3) is 0 Å². The van der Waals surface area contributed by atoms with E-state index in [-0.39, 0.29) is 12.6 Å². The number of hydrogen-bond donors (Lipinski definition) is 1. The number of hydrogen-bond acceptors (Lipinski definition) is 5. The lowest BCUT2D eigenvalue weighted by molar-refractivity contribution is 0.0472. The Morgan fingerprint density at radius 3 is 2.82 bits per heavy atom. The zero-order valence-corrected chi connectivity index (χ0v) is 12.5. The Kier molecular flexibility index (Phi) is 4.27. The molecule has 0 saturated carbocycles. The van der Waals surface area contributed by atoms with Crippen molar-refractivity contribution in [2.75, 3.05) is 25.1 Å². The quantitative estimate of drug-likeness (QED) is 0.859. The van der Waals surface area contributed by atoms with E-state index in [1.54, 1.807) is 7.11 Å². The van der Waals surface area contributed by atoms with E-state index in [4.69, 9.17) is 9.47 Å². The normalized spacial score (nSPS) is 14.1. The Labute approximate surface area is 129 Å². The van der Waals surface area contributed by atoms with Crippen LogP contribution in [0.3, 0.4) is 0 Å². The summed E-state index contributed by atoms with van der Waals surface area (Å²) < 4.78 is 10.7. The van der Waals surface area contributed by atoms with Gasteiger partial charge < -0.3 is 14.4 Å². The second kappa shape index (κ2) is 6.51. The summed E-state index contributed by atoms with van der Waals surface area (Å²) in [4.78, 5) is 14.2. The van der Waals surface area contributed by atoms with Gasteiger partial charge in [0, 0.05) is 31.0 Å². The maximum atomic E-state index is 11.9. The van der Waals surface area contributed by atoms with Crippen LogP contribution in [-0.4, -0.2) is 36.4 Å². The molecule has 22 heavy (non-hydrogen) atoms. The minimum absolute atomic E-state index is 0.210. The third-order valence-corrected chi connectivity index (χ3v) is 3.76. The van der Waals surface area contributed by atoms with Crippen molar-refractivity contribution in [3.63, 3.8) is 0 Å². The molecule has 0 bridgehead atoms. The van der Waals surface area contributed by atoms with Gasteiger partial charge in [0.25, 0.3) is 0 Å². The molecule has 116 valence electrons. The number of rotatable bonds is 5. The van der Waals surface area contributed by atoms with Crippen LogP contribution in [0.1, 0.15) is 28.8 Å². The van der Waals surface area contributed by atoms with Gasteiger partial charge in [-0.25, -0.2) is 4.79 Å². The number of nitrogens with zero attached hydrogens (tertiary/aromatic N) is 2. The van der Waals surface area contributed by atoms with Gasteiger partial charge in [0.2, 0.25) is 0 Å². The van der Waals surface area contributed by atoms with E-state index in [2.05, 4.69) is 21.2 Å². The number of aromatic nitrogens is 2.